The third-order valence-corrected chi connectivity index (χ3v) is 4.24. The van der Waals surface area contributed by atoms with Crippen LogP contribution in [0.15, 0.2) is 0 Å². The van der Waals surface area contributed by atoms with Crippen molar-refractivity contribution >= 4 is 18.6 Å². The minimum absolute atomic E-state index is 0.968. The normalized spacial score (nSPS) is 9.40. The molecule has 0 aromatic rings. The van der Waals surface area contributed by atoms with E-state index >= 15 is 0 Å². The molecule has 0 spiro atoms. The van der Waals surface area contributed by atoms with Crippen LogP contribution in [-0.2, 0) is 0 Å². The van der Waals surface area contributed by atoms with Crippen molar-refractivity contribution in [1.82, 2.24) is 0 Å². The first-order chi connectivity index (χ1) is 2.27. The Balaban J connectivity index is 2.54. The van der Waals surface area contributed by atoms with Gasteiger partial charge in [0.25, 0.3) is 0 Å². The molecule has 0 rings (SSSR count). The summed E-state index contributed by atoms with van der Waals surface area (Å²) in [6.45, 7) is 4.54. The average molecular weight is 129 g/mol. The van der Waals surface area contributed by atoms with E-state index in [1.807, 2.05) is 0 Å². The summed E-state index contributed by atoms with van der Waals surface area (Å²) in [7, 11) is 0. The molecule has 0 aromatic heterocycles. The Hall–Kier alpha value is 0.636. The molecular weight excluding hydrogens is 118 g/mol. The summed E-state index contributed by atoms with van der Waals surface area (Å²) in [4.78, 5) is 1.49. The molecule has 0 radical (unpaired) electrons. The summed E-state index contributed by atoms with van der Waals surface area (Å²) < 4.78 is 0. The van der Waals surface area contributed by atoms with E-state index in [9.17, 15) is 0 Å². The van der Waals surface area contributed by atoms with Crippen molar-refractivity contribution in [2.45, 2.75) is 18.8 Å². The Morgan fingerprint density at radius 1 is 1.60 bits per heavy atom. The molecule has 0 heterocycles. The van der Waals surface area contributed by atoms with Crippen LogP contribution in [0.25, 0.3) is 0 Å². The van der Waals surface area contributed by atoms with Crippen LogP contribution >= 0.6 is 0 Å². The van der Waals surface area contributed by atoms with E-state index in [4.69, 9.17) is 0 Å². The van der Waals surface area contributed by atoms with Gasteiger partial charge in [-0.3, -0.25) is 0 Å². The number of hydrogen-bond acceptors (Lipinski definition) is 0. The van der Waals surface area contributed by atoms with Crippen molar-refractivity contribution < 1.29 is 0 Å². The second-order valence-electron chi connectivity index (χ2n) is 1.80. The fourth-order valence-corrected chi connectivity index (χ4v) is 0. The molecule has 0 aromatic carbocycles. The van der Waals surface area contributed by atoms with Crippen molar-refractivity contribution in [2.24, 2.45) is 5.92 Å². The third kappa shape index (κ3) is 4.64. The second-order valence-corrected chi connectivity index (χ2v) is 3.52. The molecule has 0 N–H and O–H groups in total. The monoisotopic (exact) mass is 128 g/mol. The van der Waals surface area contributed by atoms with Crippen LogP contribution in [0.4, 0.5) is 0 Å². The van der Waals surface area contributed by atoms with Gasteiger partial charge < -0.3 is 0 Å². The van der Waals surface area contributed by atoms with Crippen LogP contribution < -0.4 is 0 Å². The predicted octanol–water partition coefficient (Wildman–Crippen LogP) is 0.694. The zero-order valence-corrected chi connectivity index (χ0v) is 8.48. The van der Waals surface area contributed by atoms with Crippen molar-refractivity contribution in [3.63, 3.8) is 0 Å². The molecule has 0 aliphatic heterocycles. The summed E-state index contributed by atoms with van der Waals surface area (Å²) in [6.07, 6.45) is 0. The van der Waals surface area contributed by atoms with Crippen LogP contribution in [0.1, 0.15) is 13.8 Å². The Morgan fingerprint density at radius 3 is 1.80 bits per heavy atom. The second kappa shape index (κ2) is 2.85. The van der Waals surface area contributed by atoms with Gasteiger partial charge in [0.2, 0.25) is 0 Å². The first-order valence-electron chi connectivity index (χ1n) is 2.27. The van der Waals surface area contributed by atoms with Gasteiger partial charge in [-0.15, -0.1) is 0 Å². The molecule has 0 saturated carbocycles. The predicted molar refractivity (Wildman–Crippen MR) is 28.2 cm³/mol. The van der Waals surface area contributed by atoms with Gasteiger partial charge in [0, 0.05) is 0 Å². The van der Waals surface area contributed by atoms with Gasteiger partial charge in [-0.1, -0.05) is 0 Å². The zero-order valence-electron chi connectivity index (χ0n) is 4.28. The average Bonchev–Trinajstić information content (AvgIpc) is 1.38. The molecule has 0 unspecified atom stereocenters. The fourth-order valence-electron chi connectivity index (χ4n) is 0. The van der Waals surface area contributed by atoms with E-state index in [1.54, 1.807) is 0 Å². The van der Waals surface area contributed by atoms with Crippen LogP contribution in [0, 0.1) is 5.92 Å². The zero-order chi connectivity index (χ0) is 4.28. The molecule has 1 heteroatoms. The summed E-state index contributed by atoms with van der Waals surface area (Å²) in [6, 6.07) is 0. The number of hydrogen-bond donors (Lipinski definition) is 0. The van der Waals surface area contributed by atoms with Gasteiger partial charge in [-0.25, -0.2) is 0 Å². The molecule has 0 atom stereocenters. The third-order valence-electron chi connectivity index (χ3n) is 0.816. The summed E-state index contributed by atoms with van der Waals surface area (Å²) >= 11 is 1.08. The molecular formula is C4H11Ga. The van der Waals surface area contributed by atoms with E-state index in [0.29, 0.717) is 0 Å². The first kappa shape index (κ1) is 5.64. The van der Waals surface area contributed by atoms with Gasteiger partial charge in [0.15, 0.2) is 0 Å². The summed E-state index contributed by atoms with van der Waals surface area (Å²) in [5, 5.41) is 0. The first-order valence-corrected chi connectivity index (χ1v) is 5.24. The van der Waals surface area contributed by atoms with E-state index < -0.39 is 0 Å². The minimum atomic E-state index is 0.968. The molecule has 5 heavy (non-hydrogen) atoms. The van der Waals surface area contributed by atoms with Crippen molar-refractivity contribution in [3.8, 4) is 0 Å². The Morgan fingerprint density at radius 2 is 1.80 bits per heavy atom. The van der Waals surface area contributed by atoms with Crippen LogP contribution in [0.5, 0.6) is 0 Å². The molecule has 0 amide bonds. The van der Waals surface area contributed by atoms with Crippen LogP contribution in [0.3, 0.4) is 0 Å². The standard InChI is InChI=1S/C4H9.Ga.2H/c1-4(2)3;;;/h4H,1H2,2-3H3;;;. The summed E-state index contributed by atoms with van der Waals surface area (Å²) in [5.74, 6) is 0.968. The van der Waals surface area contributed by atoms with Gasteiger partial charge in [0.1, 0.15) is 0 Å². The fraction of sp³-hybridized carbons (Fsp3) is 1.00. The van der Waals surface area contributed by atoms with Crippen molar-refractivity contribution in [3.05, 3.63) is 0 Å². The van der Waals surface area contributed by atoms with E-state index in [-0.39, 0.29) is 0 Å². The molecule has 0 nitrogen and oxygen atoms in total. The van der Waals surface area contributed by atoms with E-state index in [1.165, 1.54) is 4.98 Å². The molecule has 0 bridgehead atoms. The number of rotatable bonds is 1. The molecule has 0 aliphatic carbocycles. The van der Waals surface area contributed by atoms with Crippen molar-refractivity contribution in [2.75, 3.05) is 0 Å². The van der Waals surface area contributed by atoms with Gasteiger partial charge in [0.05, 0.1) is 0 Å². The quantitative estimate of drug-likeness (QED) is 0.457. The Labute approximate surface area is 43.9 Å². The van der Waals surface area contributed by atoms with E-state index in [2.05, 4.69) is 13.8 Å². The molecule has 0 saturated heterocycles. The van der Waals surface area contributed by atoms with Gasteiger partial charge in [-0.05, 0) is 0 Å². The van der Waals surface area contributed by atoms with E-state index in [0.717, 1.165) is 24.5 Å². The molecule has 30 valence electrons. The Kier molecular flexibility index (Phi) is 3.22. The van der Waals surface area contributed by atoms with Crippen LogP contribution in [-0.4, -0.2) is 18.6 Å². The molecule has 0 aliphatic rings. The van der Waals surface area contributed by atoms with Crippen molar-refractivity contribution in [1.29, 1.82) is 0 Å². The van der Waals surface area contributed by atoms with Crippen LogP contribution in [0.2, 0.25) is 4.98 Å². The SMILES string of the molecule is CC(C)[CH2][GaH2]. The Bertz CT molecular complexity index is 17.6. The van der Waals surface area contributed by atoms with Gasteiger partial charge >= 0.3 is 43.3 Å². The topological polar surface area (TPSA) is 0 Å². The van der Waals surface area contributed by atoms with Gasteiger partial charge in [-0.2, -0.15) is 0 Å². The maximum absolute atomic E-state index is 2.27. The summed E-state index contributed by atoms with van der Waals surface area (Å²) in [5.41, 5.74) is 0. The molecule has 0 fully saturated rings. The maximum atomic E-state index is 2.27.